The maximum absolute atomic E-state index is 5.85. The highest BCUT2D eigenvalue weighted by Gasteiger charge is 2.12. The minimum atomic E-state index is 0.439. The zero-order chi connectivity index (χ0) is 23.5. The van der Waals surface area contributed by atoms with Crippen LogP contribution in [0.15, 0.2) is 67.3 Å². The Balaban J connectivity index is 1.32. The molecule has 5 aromatic rings. The average molecular weight is 455 g/mol. The second-order valence-electron chi connectivity index (χ2n) is 8.11. The van der Waals surface area contributed by atoms with Crippen LogP contribution in [0.1, 0.15) is 22.4 Å². The summed E-state index contributed by atoms with van der Waals surface area (Å²) in [7, 11) is 1.63. The molecule has 0 aliphatic rings. The predicted molar refractivity (Wildman–Crippen MR) is 132 cm³/mol. The van der Waals surface area contributed by atoms with Crippen LogP contribution in [0.3, 0.4) is 0 Å². The number of hydrogen-bond acceptors (Lipinski definition) is 7. The molecule has 0 bridgehead atoms. The van der Waals surface area contributed by atoms with E-state index in [0.29, 0.717) is 24.7 Å². The lowest BCUT2D eigenvalue weighted by atomic mass is 10.1. The minimum absolute atomic E-state index is 0.439. The van der Waals surface area contributed by atoms with E-state index in [1.54, 1.807) is 25.6 Å². The van der Waals surface area contributed by atoms with Crippen molar-refractivity contribution in [2.75, 3.05) is 18.2 Å². The van der Waals surface area contributed by atoms with Gasteiger partial charge < -0.3 is 15.8 Å². The SMILES string of the molecule is COc1cc(N)nc(C)c1CNc1nccc2nn(Cc3ccc(Cn4cccn4)cc3)cc12. The number of aromatic nitrogens is 6. The maximum Gasteiger partial charge on any atom is 0.137 e. The van der Waals surface area contributed by atoms with Crippen molar-refractivity contribution in [2.24, 2.45) is 0 Å². The first kappa shape index (κ1) is 21.4. The van der Waals surface area contributed by atoms with Gasteiger partial charge in [-0.1, -0.05) is 24.3 Å². The summed E-state index contributed by atoms with van der Waals surface area (Å²) in [5.74, 6) is 1.90. The molecular formula is C25H26N8O. The number of hydrogen-bond donors (Lipinski definition) is 2. The van der Waals surface area contributed by atoms with Crippen molar-refractivity contribution in [3.8, 4) is 5.75 Å². The van der Waals surface area contributed by atoms with Gasteiger partial charge in [0.15, 0.2) is 0 Å². The van der Waals surface area contributed by atoms with Crippen molar-refractivity contribution in [3.05, 3.63) is 89.6 Å². The van der Waals surface area contributed by atoms with Crippen molar-refractivity contribution < 1.29 is 4.74 Å². The van der Waals surface area contributed by atoms with E-state index in [9.17, 15) is 0 Å². The number of aryl methyl sites for hydroxylation is 1. The van der Waals surface area contributed by atoms with E-state index in [2.05, 4.69) is 44.6 Å². The zero-order valence-corrected chi connectivity index (χ0v) is 19.1. The average Bonchev–Trinajstić information content (AvgIpc) is 3.49. The van der Waals surface area contributed by atoms with Gasteiger partial charge in [0, 0.05) is 48.7 Å². The highest BCUT2D eigenvalue weighted by Crippen LogP contribution is 2.26. The standard InChI is InChI=1S/C25H26N8O/c1-17-20(23(34-2)12-24(26)30-17)13-28-25-21-16-33(31-22(21)8-10-27-25)15-19-6-4-18(5-7-19)14-32-11-3-9-29-32/h3-12,16H,13-15H2,1-2H3,(H2,26,30)(H,27,28). The van der Waals surface area contributed by atoms with Gasteiger partial charge in [0.05, 0.1) is 31.1 Å². The molecule has 0 saturated heterocycles. The van der Waals surface area contributed by atoms with E-state index < -0.39 is 0 Å². The molecule has 172 valence electrons. The first-order valence-corrected chi connectivity index (χ1v) is 11.0. The van der Waals surface area contributed by atoms with Gasteiger partial charge in [0.1, 0.15) is 17.4 Å². The number of methoxy groups -OCH3 is 1. The van der Waals surface area contributed by atoms with E-state index >= 15 is 0 Å². The van der Waals surface area contributed by atoms with Crippen molar-refractivity contribution >= 4 is 22.5 Å². The van der Waals surface area contributed by atoms with Gasteiger partial charge >= 0.3 is 0 Å². The summed E-state index contributed by atoms with van der Waals surface area (Å²) in [4.78, 5) is 8.88. The Hall–Kier alpha value is -4.40. The molecule has 9 nitrogen and oxygen atoms in total. The molecular weight excluding hydrogens is 428 g/mol. The van der Waals surface area contributed by atoms with Crippen molar-refractivity contribution in [3.63, 3.8) is 0 Å². The van der Waals surface area contributed by atoms with Gasteiger partial charge in [-0.3, -0.25) is 9.36 Å². The summed E-state index contributed by atoms with van der Waals surface area (Å²) < 4.78 is 9.34. The van der Waals surface area contributed by atoms with Crippen LogP contribution in [0.5, 0.6) is 5.75 Å². The predicted octanol–water partition coefficient (Wildman–Crippen LogP) is 3.63. The molecule has 0 spiro atoms. The quantitative estimate of drug-likeness (QED) is 0.368. The third-order valence-electron chi connectivity index (χ3n) is 5.72. The van der Waals surface area contributed by atoms with Crippen LogP contribution in [-0.4, -0.2) is 36.6 Å². The lowest BCUT2D eigenvalue weighted by molar-refractivity contribution is 0.409. The Labute approximate surface area is 197 Å². The molecule has 34 heavy (non-hydrogen) atoms. The van der Waals surface area contributed by atoms with Crippen molar-refractivity contribution in [1.82, 2.24) is 29.5 Å². The molecule has 5 rings (SSSR count). The largest absolute Gasteiger partial charge is 0.496 e. The van der Waals surface area contributed by atoms with Gasteiger partial charge in [-0.2, -0.15) is 10.2 Å². The molecule has 0 aliphatic carbocycles. The normalized spacial score (nSPS) is 11.1. The smallest absolute Gasteiger partial charge is 0.137 e. The molecule has 0 fully saturated rings. The number of nitrogens with one attached hydrogen (secondary N) is 1. The molecule has 1 aromatic carbocycles. The van der Waals surface area contributed by atoms with Crippen molar-refractivity contribution in [2.45, 2.75) is 26.6 Å². The summed E-state index contributed by atoms with van der Waals surface area (Å²) in [5.41, 5.74) is 10.9. The highest BCUT2D eigenvalue weighted by atomic mass is 16.5. The zero-order valence-electron chi connectivity index (χ0n) is 19.1. The fourth-order valence-electron chi connectivity index (χ4n) is 4.00. The fraction of sp³-hybridized carbons (Fsp3) is 0.200. The number of benzene rings is 1. The summed E-state index contributed by atoms with van der Waals surface area (Å²) >= 11 is 0. The second-order valence-corrected chi connectivity index (χ2v) is 8.11. The van der Waals surface area contributed by atoms with E-state index in [1.807, 2.05) is 40.8 Å². The number of pyridine rings is 2. The van der Waals surface area contributed by atoms with Crippen LogP contribution in [0.25, 0.3) is 10.9 Å². The number of nitrogens with two attached hydrogens (primary N) is 1. The molecule has 4 aromatic heterocycles. The van der Waals surface area contributed by atoms with Gasteiger partial charge in [-0.15, -0.1) is 0 Å². The Morgan fingerprint density at radius 1 is 1.03 bits per heavy atom. The lowest BCUT2D eigenvalue weighted by Crippen LogP contribution is -2.07. The number of nitrogen functional groups attached to an aromatic ring is 1. The number of ether oxygens (including phenoxy) is 1. The summed E-state index contributed by atoms with van der Waals surface area (Å²) in [6, 6.07) is 14.1. The van der Waals surface area contributed by atoms with Crippen LogP contribution < -0.4 is 15.8 Å². The minimum Gasteiger partial charge on any atom is -0.496 e. The molecule has 0 saturated carbocycles. The number of rotatable bonds is 8. The van der Waals surface area contributed by atoms with E-state index in [0.717, 1.165) is 34.5 Å². The molecule has 0 aliphatic heterocycles. The summed E-state index contributed by atoms with van der Waals surface area (Å²) in [6.07, 6.45) is 7.54. The fourth-order valence-corrected chi connectivity index (χ4v) is 4.00. The second kappa shape index (κ2) is 9.22. The molecule has 0 radical (unpaired) electrons. The topological polar surface area (TPSA) is 109 Å². The monoisotopic (exact) mass is 454 g/mol. The van der Waals surface area contributed by atoms with Gasteiger partial charge in [0.25, 0.3) is 0 Å². The Bertz CT molecular complexity index is 1410. The van der Waals surface area contributed by atoms with Crippen LogP contribution >= 0.6 is 0 Å². The molecule has 0 atom stereocenters. The van der Waals surface area contributed by atoms with Crippen LogP contribution in [0.2, 0.25) is 0 Å². The number of fused-ring (bicyclic) bond motifs is 1. The third-order valence-corrected chi connectivity index (χ3v) is 5.72. The molecule has 0 amide bonds. The lowest BCUT2D eigenvalue weighted by Gasteiger charge is -2.13. The van der Waals surface area contributed by atoms with Gasteiger partial charge in [-0.25, -0.2) is 9.97 Å². The Morgan fingerprint density at radius 2 is 1.79 bits per heavy atom. The number of anilines is 2. The van der Waals surface area contributed by atoms with Crippen LogP contribution in [0.4, 0.5) is 11.6 Å². The first-order chi connectivity index (χ1) is 16.6. The third kappa shape index (κ3) is 4.54. The summed E-state index contributed by atoms with van der Waals surface area (Å²) in [6.45, 7) is 3.86. The van der Waals surface area contributed by atoms with Crippen LogP contribution in [0, 0.1) is 6.92 Å². The Kier molecular flexibility index (Phi) is 5.82. The van der Waals surface area contributed by atoms with E-state index in [-0.39, 0.29) is 0 Å². The van der Waals surface area contributed by atoms with E-state index in [1.165, 1.54) is 11.1 Å². The first-order valence-electron chi connectivity index (χ1n) is 11.0. The maximum atomic E-state index is 5.85. The van der Waals surface area contributed by atoms with Gasteiger partial charge in [-0.05, 0) is 30.2 Å². The molecule has 0 unspecified atom stereocenters. The highest BCUT2D eigenvalue weighted by molar-refractivity contribution is 5.88. The molecule has 9 heteroatoms. The summed E-state index contributed by atoms with van der Waals surface area (Å²) in [5, 5.41) is 13.4. The Morgan fingerprint density at radius 3 is 2.50 bits per heavy atom. The van der Waals surface area contributed by atoms with E-state index in [4.69, 9.17) is 15.6 Å². The van der Waals surface area contributed by atoms with Crippen molar-refractivity contribution in [1.29, 1.82) is 0 Å². The van der Waals surface area contributed by atoms with Gasteiger partial charge in [0.2, 0.25) is 0 Å². The van der Waals surface area contributed by atoms with Crippen LogP contribution in [-0.2, 0) is 19.6 Å². The molecule has 3 N–H and O–H groups in total. The number of nitrogens with zero attached hydrogens (tertiary/aromatic N) is 6. The molecule has 4 heterocycles.